The maximum absolute atomic E-state index is 13.0. The predicted octanol–water partition coefficient (Wildman–Crippen LogP) is 4.77. The van der Waals surface area contributed by atoms with Crippen LogP contribution in [-0.2, 0) is 27.5 Å². The molecule has 2 aromatic rings. The molecule has 27 heavy (non-hydrogen) atoms. The maximum atomic E-state index is 13.0. The number of halogens is 3. The molecule has 0 unspecified atom stereocenters. The molecule has 1 aromatic heterocycles. The number of benzene rings is 1. The van der Waals surface area contributed by atoms with E-state index < -0.39 is 17.4 Å². The van der Waals surface area contributed by atoms with Gasteiger partial charge in [0.2, 0.25) is 5.82 Å². The number of carbonyl (C=O) groups is 1. The summed E-state index contributed by atoms with van der Waals surface area (Å²) >= 11 is 0. The largest absolute Gasteiger partial charge is 0.469 e. The molecule has 4 rings (SSSR count). The predicted molar refractivity (Wildman–Crippen MR) is 94.2 cm³/mol. The molecule has 1 fully saturated rings. The lowest BCUT2D eigenvalue weighted by atomic mass is 9.50. The Balaban J connectivity index is 1.85. The molecule has 1 N–H and O–H groups in total. The van der Waals surface area contributed by atoms with Crippen LogP contribution in [0.4, 0.5) is 13.2 Å². The molecule has 0 bridgehead atoms. The van der Waals surface area contributed by atoms with E-state index in [0.29, 0.717) is 11.0 Å². The minimum atomic E-state index is -4.50. The third-order valence-electron chi connectivity index (χ3n) is 6.88. The van der Waals surface area contributed by atoms with E-state index >= 15 is 0 Å². The van der Waals surface area contributed by atoms with Crippen molar-refractivity contribution in [1.82, 2.24) is 9.97 Å². The van der Waals surface area contributed by atoms with Crippen molar-refractivity contribution in [1.29, 1.82) is 0 Å². The molecule has 0 radical (unpaired) electrons. The Morgan fingerprint density at radius 1 is 1.30 bits per heavy atom. The number of esters is 1. The van der Waals surface area contributed by atoms with Crippen LogP contribution in [0, 0.1) is 11.3 Å². The van der Waals surface area contributed by atoms with Gasteiger partial charge >= 0.3 is 12.1 Å². The van der Waals surface area contributed by atoms with Crippen LogP contribution in [0.25, 0.3) is 11.0 Å². The third kappa shape index (κ3) is 2.57. The molecular weight excluding hydrogens is 357 g/mol. The zero-order chi connectivity index (χ0) is 19.6. The van der Waals surface area contributed by atoms with Gasteiger partial charge in [0.25, 0.3) is 0 Å². The van der Waals surface area contributed by atoms with Crippen molar-refractivity contribution in [2.24, 2.45) is 11.3 Å². The standard InChI is InChI=1S/C20H23F3N2O2/c1-18-7-4-8-19(2,17(26)27-3)15(18)6-5-11-9-13-14(10-12(11)18)25-16(24-13)20(21,22)23/h9-10,15H,4-8H2,1-3H3,(H,24,25)/t15-,18+,19-/m1/s1. The molecule has 2 aliphatic rings. The number of aromatic nitrogens is 2. The molecule has 4 nitrogen and oxygen atoms in total. The number of alkyl halides is 3. The summed E-state index contributed by atoms with van der Waals surface area (Å²) in [5.41, 5.74) is 1.97. The normalized spacial score (nSPS) is 30.7. The second kappa shape index (κ2) is 5.72. The summed E-state index contributed by atoms with van der Waals surface area (Å²) < 4.78 is 44.2. The second-order valence-corrected chi connectivity index (χ2v) is 8.38. The SMILES string of the molecule is COC(=O)[C@]1(C)CCC[C@@]2(C)c3cc4nc(C(F)(F)F)[nH]c4cc3CC[C@@H]12. The van der Waals surface area contributed by atoms with Crippen molar-refractivity contribution in [3.05, 3.63) is 29.1 Å². The number of rotatable bonds is 1. The van der Waals surface area contributed by atoms with E-state index in [1.165, 1.54) is 7.11 Å². The van der Waals surface area contributed by atoms with Crippen molar-refractivity contribution < 1.29 is 22.7 Å². The molecule has 3 atom stereocenters. The molecule has 1 aromatic carbocycles. The highest BCUT2D eigenvalue weighted by Gasteiger charge is 2.55. The number of imidazole rings is 1. The van der Waals surface area contributed by atoms with Gasteiger partial charge in [-0.3, -0.25) is 4.79 Å². The van der Waals surface area contributed by atoms with Gasteiger partial charge in [-0.25, -0.2) is 4.98 Å². The number of fused-ring (bicyclic) bond motifs is 4. The van der Waals surface area contributed by atoms with Crippen LogP contribution in [0.1, 0.15) is 56.5 Å². The lowest BCUT2D eigenvalue weighted by Gasteiger charge is -2.54. The zero-order valence-electron chi connectivity index (χ0n) is 15.7. The van der Waals surface area contributed by atoms with E-state index in [9.17, 15) is 18.0 Å². The highest BCUT2D eigenvalue weighted by molar-refractivity contribution is 5.80. The molecule has 2 aliphatic carbocycles. The fraction of sp³-hybridized carbons (Fsp3) is 0.600. The summed E-state index contributed by atoms with van der Waals surface area (Å²) in [5.74, 6) is -1.07. The summed E-state index contributed by atoms with van der Waals surface area (Å²) in [7, 11) is 1.42. The van der Waals surface area contributed by atoms with E-state index in [-0.39, 0.29) is 17.3 Å². The van der Waals surface area contributed by atoms with E-state index in [1.54, 1.807) is 12.1 Å². The van der Waals surface area contributed by atoms with Gasteiger partial charge < -0.3 is 9.72 Å². The van der Waals surface area contributed by atoms with Crippen LogP contribution in [0.3, 0.4) is 0 Å². The summed E-state index contributed by atoms with van der Waals surface area (Å²) in [5, 5.41) is 0. The molecule has 0 spiro atoms. The lowest BCUT2D eigenvalue weighted by molar-refractivity contribution is -0.161. The van der Waals surface area contributed by atoms with E-state index in [1.807, 2.05) is 6.92 Å². The van der Waals surface area contributed by atoms with Crippen LogP contribution < -0.4 is 0 Å². The molecule has 7 heteroatoms. The first-order valence-corrected chi connectivity index (χ1v) is 9.28. The molecule has 0 saturated heterocycles. The van der Waals surface area contributed by atoms with Crippen molar-refractivity contribution in [3.63, 3.8) is 0 Å². The van der Waals surface area contributed by atoms with Gasteiger partial charge in [-0.05, 0) is 67.2 Å². The molecule has 0 aliphatic heterocycles. The summed E-state index contributed by atoms with van der Waals surface area (Å²) in [6, 6.07) is 3.60. The van der Waals surface area contributed by atoms with Crippen LogP contribution >= 0.6 is 0 Å². The van der Waals surface area contributed by atoms with Crippen LogP contribution in [-0.4, -0.2) is 23.0 Å². The molecule has 0 amide bonds. The number of nitrogens with zero attached hydrogens (tertiary/aromatic N) is 1. The molecule has 1 saturated carbocycles. The van der Waals surface area contributed by atoms with E-state index in [4.69, 9.17) is 4.74 Å². The third-order valence-corrected chi connectivity index (χ3v) is 6.88. The number of methoxy groups -OCH3 is 1. The first-order chi connectivity index (χ1) is 12.6. The number of ether oxygens (including phenoxy) is 1. The van der Waals surface area contributed by atoms with Gasteiger partial charge in [-0.15, -0.1) is 0 Å². The van der Waals surface area contributed by atoms with Crippen molar-refractivity contribution in [2.45, 2.75) is 57.5 Å². The van der Waals surface area contributed by atoms with Gasteiger partial charge in [-0.1, -0.05) is 13.3 Å². The van der Waals surface area contributed by atoms with Crippen molar-refractivity contribution >= 4 is 17.0 Å². The lowest BCUT2D eigenvalue weighted by Crippen LogP contribution is -2.52. The van der Waals surface area contributed by atoms with E-state index in [2.05, 4.69) is 16.9 Å². The molecular formula is C20H23F3N2O2. The molecule has 1 heterocycles. The zero-order valence-corrected chi connectivity index (χ0v) is 15.7. The minimum Gasteiger partial charge on any atom is -0.469 e. The average Bonchev–Trinajstić information content (AvgIpc) is 3.03. The fourth-order valence-corrected chi connectivity index (χ4v) is 5.59. The minimum absolute atomic E-state index is 0.0946. The number of nitrogens with one attached hydrogen (secondary N) is 1. The van der Waals surface area contributed by atoms with Gasteiger partial charge in [0.05, 0.1) is 23.6 Å². The maximum Gasteiger partial charge on any atom is 0.449 e. The smallest absolute Gasteiger partial charge is 0.449 e. The Morgan fingerprint density at radius 2 is 2.04 bits per heavy atom. The van der Waals surface area contributed by atoms with Crippen LogP contribution in [0.5, 0.6) is 0 Å². The quantitative estimate of drug-likeness (QED) is 0.726. The summed E-state index contributed by atoms with van der Waals surface area (Å²) in [4.78, 5) is 18.7. The fourth-order valence-electron chi connectivity index (χ4n) is 5.59. The van der Waals surface area contributed by atoms with Crippen LogP contribution in [0.15, 0.2) is 12.1 Å². The monoisotopic (exact) mass is 380 g/mol. The Bertz CT molecular complexity index is 920. The topological polar surface area (TPSA) is 55.0 Å². The van der Waals surface area contributed by atoms with Gasteiger partial charge in [0.15, 0.2) is 0 Å². The highest BCUT2D eigenvalue weighted by Crippen LogP contribution is 2.57. The van der Waals surface area contributed by atoms with Crippen molar-refractivity contribution in [3.8, 4) is 0 Å². The molecule has 146 valence electrons. The second-order valence-electron chi connectivity index (χ2n) is 8.38. The van der Waals surface area contributed by atoms with E-state index in [0.717, 1.165) is 43.2 Å². The van der Waals surface area contributed by atoms with Gasteiger partial charge in [-0.2, -0.15) is 13.2 Å². The number of H-pyrrole nitrogens is 1. The Kier molecular flexibility index (Phi) is 3.88. The van der Waals surface area contributed by atoms with Crippen molar-refractivity contribution in [2.75, 3.05) is 7.11 Å². The first kappa shape index (κ1) is 18.3. The number of hydrogen-bond acceptors (Lipinski definition) is 3. The first-order valence-electron chi connectivity index (χ1n) is 9.28. The average molecular weight is 380 g/mol. The summed E-state index contributed by atoms with van der Waals surface area (Å²) in [6.07, 6.45) is -0.387. The Hall–Kier alpha value is -2.05. The number of hydrogen-bond donors (Lipinski definition) is 1. The van der Waals surface area contributed by atoms with Crippen LogP contribution in [0.2, 0.25) is 0 Å². The number of carbonyl (C=O) groups excluding carboxylic acids is 1. The number of aromatic amines is 1. The van der Waals surface area contributed by atoms with Gasteiger partial charge in [0.1, 0.15) is 0 Å². The number of aryl methyl sites for hydroxylation is 1. The summed E-state index contributed by atoms with van der Waals surface area (Å²) in [6.45, 7) is 4.11. The Labute approximate surface area is 155 Å². The Morgan fingerprint density at radius 3 is 2.70 bits per heavy atom. The van der Waals surface area contributed by atoms with Gasteiger partial charge in [0, 0.05) is 0 Å². The highest BCUT2D eigenvalue weighted by atomic mass is 19.4.